The number of amides is 2. The third-order valence-corrected chi connectivity index (χ3v) is 8.57. The fraction of sp³-hybridized carbons (Fsp3) is 0.500. The molecule has 2 aliphatic heterocycles. The van der Waals surface area contributed by atoms with E-state index in [-0.39, 0.29) is 22.9 Å². The van der Waals surface area contributed by atoms with Crippen LogP contribution >= 0.6 is 0 Å². The number of piperidine rings is 1. The van der Waals surface area contributed by atoms with Crippen molar-refractivity contribution in [1.82, 2.24) is 9.80 Å². The molecule has 2 aromatic carbocycles. The molecule has 2 atom stereocenters. The zero-order valence-electron chi connectivity index (χ0n) is 18.9. The fourth-order valence-corrected chi connectivity index (χ4v) is 6.16. The number of likely N-dealkylation sites (tertiary alicyclic amines) is 1. The summed E-state index contributed by atoms with van der Waals surface area (Å²) < 4.78 is 5.39. The van der Waals surface area contributed by atoms with E-state index in [1.807, 2.05) is 17.0 Å². The highest BCUT2D eigenvalue weighted by molar-refractivity contribution is 5.76. The van der Waals surface area contributed by atoms with E-state index in [2.05, 4.69) is 43.9 Å². The highest BCUT2D eigenvalue weighted by Crippen LogP contribution is 2.57. The highest BCUT2D eigenvalue weighted by Gasteiger charge is 2.57. The van der Waals surface area contributed by atoms with Crippen molar-refractivity contribution in [3.63, 3.8) is 0 Å². The molecular weight excluding hydrogens is 388 g/mol. The van der Waals surface area contributed by atoms with E-state index in [1.54, 1.807) is 13.2 Å². The maximum atomic E-state index is 13.8. The van der Waals surface area contributed by atoms with Gasteiger partial charge in [0.2, 0.25) is 0 Å². The van der Waals surface area contributed by atoms with Crippen molar-refractivity contribution in [3.05, 3.63) is 58.7 Å². The molecule has 0 radical (unpaired) electrons. The molecule has 164 valence electrons. The number of hydrogen-bond acceptors (Lipinski definition) is 3. The SMILES string of the molecule is COc1ccc2c(c1)CN(C(=O)N1CC[C@@]3(C)c4cccc(O)c4C[C@@H]1C3(C)C)CC2. The minimum absolute atomic E-state index is 0.0613. The summed E-state index contributed by atoms with van der Waals surface area (Å²) in [5, 5.41) is 10.6. The molecule has 3 aliphatic rings. The summed E-state index contributed by atoms with van der Waals surface area (Å²) in [6.45, 7) is 9.00. The molecule has 2 heterocycles. The predicted molar refractivity (Wildman–Crippen MR) is 121 cm³/mol. The maximum Gasteiger partial charge on any atom is 0.320 e. The summed E-state index contributed by atoms with van der Waals surface area (Å²) in [6, 6.07) is 12.2. The quantitative estimate of drug-likeness (QED) is 0.739. The number of carbonyl (C=O) groups is 1. The molecule has 31 heavy (non-hydrogen) atoms. The van der Waals surface area contributed by atoms with E-state index in [1.165, 1.54) is 16.7 Å². The smallest absolute Gasteiger partial charge is 0.320 e. The lowest BCUT2D eigenvalue weighted by Gasteiger charge is -2.61. The van der Waals surface area contributed by atoms with Crippen LogP contribution < -0.4 is 4.74 Å². The summed E-state index contributed by atoms with van der Waals surface area (Å²) in [5.74, 6) is 1.19. The van der Waals surface area contributed by atoms with Gasteiger partial charge in [0.1, 0.15) is 11.5 Å². The van der Waals surface area contributed by atoms with Crippen LogP contribution in [0.25, 0.3) is 0 Å². The van der Waals surface area contributed by atoms with Crippen LogP contribution in [0.2, 0.25) is 0 Å². The molecule has 0 unspecified atom stereocenters. The summed E-state index contributed by atoms with van der Waals surface area (Å²) in [7, 11) is 1.68. The second-order valence-corrected chi connectivity index (χ2v) is 10.1. The van der Waals surface area contributed by atoms with E-state index in [0.29, 0.717) is 18.7 Å². The van der Waals surface area contributed by atoms with Crippen LogP contribution in [-0.4, -0.2) is 47.2 Å². The minimum Gasteiger partial charge on any atom is -0.508 e. The second-order valence-electron chi connectivity index (χ2n) is 10.1. The summed E-state index contributed by atoms with van der Waals surface area (Å²) in [4.78, 5) is 17.8. The van der Waals surface area contributed by atoms with E-state index >= 15 is 0 Å². The molecule has 5 nitrogen and oxygen atoms in total. The number of urea groups is 1. The van der Waals surface area contributed by atoms with Gasteiger partial charge < -0.3 is 19.6 Å². The monoisotopic (exact) mass is 420 g/mol. The number of phenols is 1. The molecule has 2 amide bonds. The third kappa shape index (κ3) is 2.85. The predicted octanol–water partition coefficient (Wildman–Crippen LogP) is 4.49. The van der Waals surface area contributed by atoms with Gasteiger partial charge >= 0.3 is 6.03 Å². The first-order chi connectivity index (χ1) is 14.8. The van der Waals surface area contributed by atoms with Gasteiger partial charge in [-0.25, -0.2) is 4.79 Å². The second kappa shape index (κ2) is 6.91. The minimum atomic E-state index is -0.0847. The Labute approximate surface area is 184 Å². The number of methoxy groups -OCH3 is 1. The lowest BCUT2D eigenvalue weighted by atomic mass is 9.51. The topological polar surface area (TPSA) is 53.0 Å². The maximum absolute atomic E-state index is 13.8. The zero-order chi connectivity index (χ0) is 22.0. The molecule has 1 aliphatic carbocycles. The van der Waals surface area contributed by atoms with Crippen molar-refractivity contribution in [2.24, 2.45) is 5.41 Å². The van der Waals surface area contributed by atoms with E-state index < -0.39 is 0 Å². The fourth-order valence-electron chi connectivity index (χ4n) is 6.16. The van der Waals surface area contributed by atoms with Crippen molar-refractivity contribution < 1.29 is 14.6 Å². The van der Waals surface area contributed by atoms with Crippen molar-refractivity contribution in [2.75, 3.05) is 20.2 Å². The van der Waals surface area contributed by atoms with Gasteiger partial charge in [0.25, 0.3) is 0 Å². The van der Waals surface area contributed by atoms with Gasteiger partial charge in [-0.05, 0) is 65.1 Å². The lowest BCUT2D eigenvalue weighted by Crippen LogP contribution is -2.66. The third-order valence-electron chi connectivity index (χ3n) is 8.57. The molecule has 0 aromatic heterocycles. The Morgan fingerprint density at radius 2 is 1.94 bits per heavy atom. The molecule has 2 bridgehead atoms. The Hall–Kier alpha value is -2.69. The number of ether oxygens (including phenoxy) is 1. The van der Waals surface area contributed by atoms with Crippen LogP contribution in [0, 0.1) is 5.41 Å². The molecule has 1 fully saturated rings. The standard InChI is InChI=1S/C26H32N2O3/c1-25(2)23-15-20-21(6-5-7-22(20)29)26(25,3)11-13-28(23)24(30)27-12-10-17-8-9-19(31-4)14-18(17)16-27/h5-9,14,23,29H,10-13,15-16H2,1-4H3/t23-,26+/m1/s1. The van der Waals surface area contributed by atoms with Crippen LogP contribution in [-0.2, 0) is 24.8 Å². The molecular formula is C26H32N2O3. The van der Waals surface area contributed by atoms with E-state index in [4.69, 9.17) is 4.74 Å². The average molecular weight is 421 g/mol. The van der Waals surface area contributed by atoms with Gasteiger partial charge in [-0.15, -0.1) is 0 Å². The van der Waals surface area contributed by atoms with Gasteiger partial charge in [-0.2, -0.15) is 0 Å². The van der Waals surface area contributed by atoms with Crippen molar-refractivity contribution in [2.45, 2.75) is 58.0 Å². The number of fused-ring (bicyclic) bond motifs is 5. The van der Waals surface area contributed by atoms with E-state index in [9.17, 15) is 9.90 Å². The van der Waals surface area contributed by atoms with E-state index in [0.717, 1.165) is 37.2 Å². The van der Waals surface area contributed by atoms with Crippen molar-refractivity contribution in [1.29, 1.82) is 0 Å². The average Bonchev–Trinajstić information content (AvgIpc) is 2.75. The Bertz CT molecular complexity index is 1050. The molecule has 2 aromatic rings. The Morgan fingerprint density at radius 3 is 2.71 bits per heavy atom. The number of hydrogen-bond donors (Lipinski definition) is 1. The number of nitrogens with zero attached hydrogens (tertiary/aromatic N) is 2. The lowest BCUT2D eigenvalue weighted by molar-refractivity contribution is -0.0245. The molecule has 1 saturated heterocycles. The first kappa shape index (κ1) is 20.2. The summed E-state index contributed by atoms with van der Waals surface area (Å²) in [6.07, 6.45) is 2.47. The Morgan fingerprint density at radius 1 is 1.13 bits per heavy atom. The Balaban J connectivity index is 1.46. The largest absolute Gasteiger partial charge is 0.508 e. The molecule has 0 spiro atoms. The van der Waals surface area contributed by atoms with Gasteiger partial charge in [0, 0.05) is 31.1 Å². The molecule has 0 saturated carbocycles. The van der Waals surface area contributed by atoms with Crippen LogP contribution in [0.15, 0.2) is 36.4 Å². The zero-order valence-corrected chi connectivity index (χ0v) is 18.9. The number of carbonyl (C=O) groups excluding carboxylic acids is 1. The van der Waals surface area contributed by atoms with Crippen LogP contribution in [0.5, 0.6) is 11.5 Å². The first-order valence-corrected chi connectivity index (χ1v) is 11.3. The summed E-state index contributed by atoms with van der Waals surface area (Å²) >= 11 is 0. The highest BCUT2D eigenvalue weighted by atomic mass is 16.5. The van der Waals surface area contributed by atoms with Gasteiger partial charge in [-0.3, -0.25) is 0 Å². The molecule has 5 rings (SSSR count). The first-order valence-electron chi connectivity index (χ1n) is 11.3. The van der Waals surface area contributed by atoms with Crippen LogP contribution in [0.3, 0.4) is 0 Å². The number of rotatable bonds is 1. The van der Waals surface area contributed by atoms with Crippen molar-refractivity contribution in [3.8, 4) is 11.5 Å². The van der Waals surface area contributed by atoms with Crippen LogP contribution in [0.1, 0.15) is 49.4 Å². The molecule has 1 N–H and O–H groups in total. The van der Waals surface area contributed by atoms with Crippen LogP contribution in [0.4, 0.5) is 4.79 Å². The summed E-state index contributed by atoms with van der Waals surface area (Å²) in [5.41, 5.74) is 4.58. The van der Waals surface area contributed by atoms with Gasteiger partial charge in [-0.1, -0.05) is 39.0 Å². The Kier molecular flexibility index (Phi) is 4.51. The van der Waals surface area contributed by atoms with Gasteiger partial charge in [0.05, 0.1) is 7.11 Å². The molecule has 5 heteroatoms. The number of aromatic hydroxyl groups is 1. The normalized spacial score (nSPS) is 26.1. The number of phenolic OH excluding ortho intramolecular Hbond substituents is 1. The van der Waals surface area contributed by atoms with Gasteiger partial charge in [0.15, 0.2) is 0 Å². The van der Waals surface area contributed by atoms with Crippen molar-refractivity contribution >= 4 is 6.03 Å². The number of benzene rings is 2.